The Hall–Kier alpha value is -3.53. The van der Waals surface area contributed by atoms with E-state index in [1.807, 2.05) is 24.8 Å². The maximum atomic E-state index is 14.0. The highest BCUT2D eigenvalue weighted by molar-refractivity contribution is 5.96. The molecule has 1 aromatic heterocycles. The average molecular weight is 599 g/mol. The van der Waals surface area contributed by atoms with Crippen molar-refractivity contribution in [1.82, 2.24) is 19.8 Å². The van der Waals surface area contributed by atoms with Crippen molar-refractivity contribution in [2.45, 2.75) is 70.7 Å². The highest BCUT2D eigenvalue weighted by atomic mass is 19.4. The highest BCUT2D eigenvalue weighted by Gasteiger charge is 2.40. The van der Waals surface area contributed by atoms with Crippen molar-refractivity contribution in [3.8, 4) is 5.75 Å². The van der Waals surface area contributed by atoms with Crippen LogP contribution in [0.1, 0.15) is 71.4 Å². The molecule has 2 aliphatic rings. The molecule has 10 heteroatoms. The Morgan fingerprint density at radius 3 is 2.21 bits per heavy atom. The first-order valence-electron chi connectivity index (χ1n) is 14.8. The van der Waals surface area contributed by atoms with Crippen molar-refractivity contribution in [1.29, 1.82) is 0 Å². The summed E-state index contributed by atoms with van der Waals surface area (Å²) in [6, 6.07) is 12.6. The molecule has 6 nitrogen and oxygen atoms in total. The van der Waals surface area contributed by atoms with E-state index in [4.69, 9.17) is 0 Å². The molecule has 0 bridgehead atoms. The van der Waals surface area contributed by atoms with Gasteiger partial charge < -0.3 is 9.64 Å². The molecule has 1 atom stereocenters. The summed E-state index contributed by atoms with van der Waals surface area (Å²) in [6.45, 7) is 9.05. The molecule has 3 heterocycles. The van der Waals surface area contributed by atoms with Crippen LogP contribution < -0.4 is 4.74 Å². The Kier molecular flexibility index (Phi) is 9.06. The van der Waals surface area contributed by atoms with Gasteiger partial charge in [-0.3, -0.25) is 9.69 Å². The van der Waals surface area contributed by atoms with Crippen molar-refractivity contribution in [2.24, 2.45) is 5.92 Å². The third-order valence-electron chi connectivity index (χ3n) is 9.33. The van der Waals surface area contributed by atoms with Gasteiger partial charge in [-0.05, 0) is 113 Å². The zero-order valence-electron chi connectivity index (χ0n) is 24.8. The topological polar surface area (TPSA) is 58.6 Å². The minimum Gasteiger partial charge on any atom is -0.406 e. The Bertz CT molecular complexity index is 1390. The summed E-state index contributed by atoms with van der Waals surface area (Å²) in [7, 11) is 0. The van der Waals surface area contributed by atoms with E-state index < -0.39 is 6.36 Å². The quantitative estimate of drug-likeness (QED) is 0.278. The van der Waals surface area contributed by atoms with Crippen LogP contribution >= 0.6 is 0 Å². The zero-order valence-corrected chi connectivity index (χ0v) is 24.8. The van der Waals surface area contributed by atoms with Crippen LogP contribution in [-0.2, 0) is 6.42 Å². The highest BCUT2D eigenvalue weighted by Crippen LogP contribution is 2.40. The lowest BCUT2D eigenvalue weighted by Crippen LogP contribution is -2.56. The first kappa shape index (κ1) is 30.9. The van der Waals surface area contributed by atoms with E-state index in [9.17, 15) is 22.4 Å². The van der Waals surface area contributed by atoms with Gasteiger partial charge in [0.2, 0.25) is 0 Å². The van der Waals surface area contributed by atoms with Crippen molar-refractivity contribution in [3.05, 3.63) is 88.8 Å². The van der Waals surface area contributed by atoms with E-state index in [-0.39, 0.29) is 34.8 Å². The van der Waals surface area contributed by atoms with Crippen LogP contribution in [0.4, 0.5) is 17.6 Å². The summed E-state index contributed by atoms with van der Waals surface area (Å²) < 4.78 is 56.3. The molecule has 230 valence electrons. The molecular weight excluding hydrogens is 560 g/mol. The summed E-state index contributed by atoms with van der Waals surface area (Å²) in [5.74, 6) is -0.261. The Balaban J connectivity index is 1.25. The van der Waals surface area contributed by atoms with Gasteiger partial charge in [-0.2, -0.15) is 0 Å². The standard InChI is InChI=1S/C33H38F4N4O2/c1-22-30(23(2)39-21-38-22)31(42)40-17-13-32(3,14-18-40)41-15-11-26(12-16-41)29(20-24-5-4-6-27(34)19-24)25-7-9-28(10-8-25)43-33(35,36)37/h4-10,19,21,26,29H,11-18,20H2,1-3H3. The predicted molar refractivity (Wildman–Crippen MR) is 155 cm³/mol. The molecular formula is C33H38F4N4O2. The molecule has 2 aliphatic heterocycles. The van der Waals surface area contributed by atoms with Gasteiger partial charge in [0.15, 0.2) is 0 Å². The number of aromatic nitrogens is 2. The first-order chi connectivity index (χ1) is 20.4. The number of carbonyl (C=O) groups is 1. The molecule has 2 fully saturated rings. The van der Waals surface area contributed by atoms with Crippen LogP contribution in [-0.4, -0.2) is 63.8 Å². The first-order valence-corrected chi connectivity index (χ1v) is 14.8. The second-order valence-electron chi connectivity index (χ2n) is 12.1. The summed E-state index contributed by atoms with van der Waals surface area (Å²) in [5.41, 5.74) is 3.74. The number of rotatable bonds is 7. The minimum absolute atomic E-state index is 0.0109. The number of piperidine rings is 2. The number of alkyl halides is 3. The largest absolute Gasteiger partial charge is 0.573 e. The number of likely N-dealkylation sites (tertiary alicyclic amines) is 2. The van der Waals surface area contributed by atoms with Gasteiger partial charge in [0.05, 0.1) is 17.0 Å². The van der Waals surface area contributed by atoms with E-state index >= 15 is 0 Å². The molecule has 1 amide bonds. The summed E-state index contributed by atoms with van der Waals surface area (Å²) in [4.78, 5) is 26.2. The van der Waals surface area contributed by atoms with Crippen LogP contribution in [0.25, 0.3) is 0 Å². The third-order valence-corrected chi connectivity index (χ3v) is 9.33. The van der Waals surface area contributed by atoms with Crippen LogP contribution in [0, 0.1) is 25.6 Å². The normalized spacial score (nSPS) is 18.8. The van der Waals surface area contributed by atoms with E-state index in [1.165, 1.54) is 30.6 Å². The summed E-state index contributed by atoms with van der Waals surface area (Å²) in [6.07, 6.45) is 0.891. The minimum atomic E-state index is -4.75. The van der Waals surface area contributed by atoms with Crippen LogP contribution in [0.5, 0.6) is 5.75 Å². The van der Waals surface area contributed by atoms with Gasteiger partial charge in [0.1, 0.15) is 17.9 Å². The number of hydrogen-bond acceptors (Lipinski definition) is 5. The number of halogens is 4. The molecule has 0 radical (unpaired) electrons. The van der Waals surface area contributed by atoms with Gasteiger partial charge in [-0.1, -0.05) is 24.3 Å². The molecule has 1 unspecified atom stereocenters. The van der Waals surface area contributed by atoms with Crippen LogP contribution in [0.15, 0.2) is 54.9 Å². The molecule has 2 aromatic carbocycles. The molecule has 2 saturated heterocycles. The number of hydrogen-bond donors (Lipinski definition) is 0. The second kappa shape index (κ2) is 12.6. The maximum absolute atomic E-state index is 14.0. The van der Waals surface area contributed by atoms with Crippen molar-refractivity contribution in [3.63, 3.8) is 0 Å². The molecule has 5 rings (SSSR count). The van der Waals surface area contributed by atoms with Gasteiger partial charge >= 0.3 is 6.36 Å². The molecule has 3 aromatic rings. The van der Waals surface area contributed by atoms with Gasteiger partial charge in [0, 0.05) is 18.6 Å². The number of ether oxygens (including phenoxy) is 1. The average Bonchev–Trinajstić information content (AvgIpc) is 2.96. The molecule has 0 aliphatic carbocycles. The van der Waals surface area contributed by atoms with Crippen molar-refractivity contribution in [2.75, 3.05) is 26.2 Å². The number of amides is 1. The Morgan fingerprint density at radius 2 is 1.63 bits per heavy atom. The van der Waals surface area contributed by atoms with E-state index in [0.29, 0.717) is 36.5 Å². The van der Waals surface area contributed by atoms with Crippen LogP contribution in [0.2, 0.25) is 0 Å². The molecule has 0 saturated carbocycles. The lowest BCUT2D eigenvalue weighted by molar-refractivity contribution is -0.274. The lowest BCUT2D eigenvalue weighted by atomic mass is 9.75. The second-order valence-corrected chi connectivity index (χ2v) is 12.1. The summed E-state index contributed by atoms with van der Waals surface area (Å²) in [5, 5.41) is 0. The van der Waals surface area contributed by atoms with Gasteiger partial charge in [0.25, 0.3) is 5.91 Å². The predicted octanol–water partition coefficient (Wildman–Crippen LogP) is 6.86. The van der Waals surface area contributed by atoms with Crippen molar-refractivity contribution < 1.29 is 27.1 Å². The monoisotopic (exact) mass is 598 g/mol. The Morgan fingerprint density at radius 1 is 1.00 bits per heavy atom. The fraction of sp³-hybridized carbons (Fsp3) is 0.485. The lowest BCUT2D eigenvalue weighted by Gasteiger charge is -2.50. The SMILES string of the molecule is Cc1ncnc(C)c1C(=O)N1CCC(C)(N2CCC(C(Cc3cccc(F)c3)c3ccc(OC(F)(F)F)cc3)CC2)CC1. The number of carbonyl (C=O) groups excluding carboxylic acids is 1. The fourth-order valence-corrected chi connectivity index (χ4v) is 6.80. The Labute approximate surface area is 250 Å². The van der Waals surface area contributed by atoms with Gasteiger partial charge in [-0.15, -0.1) is 13.2 Å². The van der Waals surface area contributed by atoms with Crippen molar-refractivity contribution >= 4 is 5.91 Å². The van der Waals surface area contributed by atoms with E-state index in [2.05, 4.69) is 26.5 Å². The maximum Gasteiger partial charge on any atom is 0.573 e. The molecule has 0 N–H and O–H groups in total. The fourth-order valence-electron chi connectivity index (χ4n) is 6.80. The third kappa shape index (κ3) is 7.34. The van der Waals surface area contributed by atoms with Gasteiger partial charge in [-0.25, -0.2) is 14.4 Å². The number of nitrogens with zero attached hydrogens (tertiary/aromatic N) is 4. The number of aryl methyl sites for hydroxylation is 2. The van der Waals surface area contributed by atoms with E-state index in [1.54, 1.807) is 18.2 Å². The molecule has 43 heavy (non-hydrogen) atoms. The van der Waals surface area contributed by atoms with Crippen LogP contribution in [0.3, 0.4) is 0 Å². The summed E-state index contributed by atoms with van der Waals surface area (Å²) >= 11 is 0. The zero-order chi connectivity index (χ0) is 30.8. The number of benzene rings is 2. The smallest absolute Gasteiger partial charge is 0.406 e. The molecule has 0 spiro atoms. The van der Waals surface area contributed by atoms with E-state index in [0.717, 1.165) is 49.9 Å².